The summed E-state index contributed by atoms with van der Waals surface area (Å²) in [7, 11) is -1.65. The molecule has 94 valence electrons. The number of aliphatic hydroxyl groups is 1. The van der Waals surface area contributed by atoms with Crippen molar-refractivity contribution in [2.24, 2.45) is 11.8 Å². The molecule has 2 fully saturated rings. The SMILES string of the molecule is CC(C)(C)[Si](C)(C)O[C@@H]1C[C@@H]2C[C@H]1[C@@H](O)C2. The van der Waals surface area contributed by atoms with Gasteiger partial charge >= 0.3 is 0 Å². The Morgan fingerprint density at radius 2 is 1.75 bits per heavy atom. The fourth-order valence-corrected chi connectivity index (χ4v) is 4.32. The van der Waals surface area contributed by atoms with E-state index in [1.807, 2.05) is 0 Å². The fraction of sp³-hybridized carbons (Fsp3) is 1.00. The van der Waals surface area contributed by atoms with Crippen molar-refractivity contribution in [2.45, 2.75) is 70.4 Å². The summed E-state index contributed by atoms with van der Waals surface area (Å²) in [5.41, 5.74) is 0. The fourth-order valence-electron chi connectivity index (χ4n) is 2.94. The van der Waals surface area contributed by atoms with Gasteiger partial charge in [-0.25, -0.2) is 0 Å². The molecule has 0 heterocycles. The van der Waals surface area contributed by atoms with Crippen LogP contribution in [0.5, 0.6) is 0 Å². The van der Waals surface area contributed by atoms with E-state index in [-0.39, 0.29) is 11.1 Å². The normalized spacial score (nSPS) is 39.4. The third kappa shape index (κ3) is 2.09. The molecule has 0 aliphatic heterocycles. The van der Waals surface area contributed by atoms with Gasteiger partial charge in [0.1, 0.15) is 0 Å². The molecular weight excluding hydrogens is 216 g/mol. The van der Waals surface area contributed by atoms with Crippen LogP contribution in [0, 0.1) is 11.8 Å². The number of aliphatic hydroxyl groups excluding tert-OH is 1. The van der Waals surface area contributed by atoms with E-state index < -0.39 is 8.32 Å². The van der Waals surface area contributed by atoms with Gasteiger partial charge in [0.15, 0.2) is 8.32 Å². The average Bonchev–Trinajstić information content (AvgIpc) is 2.58. The zero-order valence-electron chi connectivity index (χ0n) is 11.3. The highest BCUT2D eigenvalue weighted by Gasteiger charge is 2.49. The summed E-state index contributed by atoms with van der Waals surface area (Å²) in [6.45, 7) is 11.5. The Hall–Kier alpha value is 0.137. The minimum Gasteiger partial charge on any atom is -0.414 e. The third-order valence-electron chi connectivity index (χ3n) is 4.97. The highest BCUT2D eigenvalue weighted by Crippen LogP contribution is 2.49. The van der Waals surface area contributed by atoms with Crippen LogP contribution in [-0.2, 0) is 4.43 Å². The molecule has 0 spiro atoms. The van der Waals surface area contributed by atoms with Crippen LogP contribution in [-0.4, -0.2) is 25.6 Å². The Morgan fingerprint density at radius 3 is 2.19 bits per heavy atom. The molecule has 0 unspecified atom stereocenters. The number of hydrogen-bond donors (Lipinski definition) is 1. The molecule has 3 heteroatoms. The first-order valence-corrected chi connectivity index (χ1v) is 9.47. The van der Waals surface area contributed by atoms with E-state index in [9.17, 15) is 5.11 Å². The van der Waals surface area contributed by atoms with E-state index in [0.29, 0.717) is 12.0 Å². The van der Waals surface area contributed by atoms with Crippen LogP contribution in [0.25, 0.3) is 0 Å². The molecule has 2 nitrogen and oxygen atoms in total. The molecule has 2 saturated carbocycles. The van der Waals surface area contributed by atoms with Crippen molar-refractivity contribution in [3.63, 3.8) is 0 Å². The van der Waals surface area contributed by atoms with Crippen molar-refractivity contribution >= 4 is 8.32 Å². The van der Waals surface area contributed by atoms with Crippen molar-refractivity contribution in [2.75, 3.05) is 0 Å². The van der Waals surface area contributed by atoms with Crippen molar-refractivity contribution in [3.05, 3.63) is 0 Å². The highest BCUT2D eigenvalue weighted by molar-refractivity contribution is 6.74. The summed E-state index contributed by atoms with van der Waals surface area (Å²) >= 11 is 0. The smallest absolute Gasteiger partial charge is 0.192 e. The van der Waals surface area contributed by atoms with Gasteiger partial charge in [-0.1, -0.05) is 20.8 Å². The first kappa shape index (κ1) is 12.6. The maximum Gasteiger partial charge on any atom is 0.192 e. The van der Waals surface area contributed by atoms with E-state index in [1.54, 1.807) is 0 Å². The zero-order chi connectivity index (χ0) is 12.1. The lowest BCUT2D eigenvalue weighted by Gasteiger charge is -2.41. The van der Waals surface area contributed by atoms with E-state index in [4.69, 9.17) is 4.43 Å². The first-order valence-electron chi connectivity index (χ1n) is 6.56. The summed E-state index contributed by atoms with van der Waals surface area (Å²) in [4.78, 5) is 0. The second kappa shape index (κ2) is 3.82. The lowest BCUT2D eigenvalue weighted by Crippen LogP contribution is -2.46. The van der Waals surface area contributed by atoms with Crippen LogP contribution in [0.15, 0.2) is 0 Å². The highest BCUT2D eigenvalue weighted by atomic mass is 28.4. The molecule has 2 bridgehead atoms. The molecule has 2 rings (SSSR count). The van der Waals surface area contributed by atoms with Gasteiger partial charge in [0.05, 0.1) is 12.2 Å². The molecule has 0 aromatic carbocycles. The quantitative estimate of drug-likeness (QED) is 0.754. The summed E-state index contributed by atoms with van der Waals surface area (Å²) in [5.74, 6) is 1.16. The summed E-state index contributed by atoms with van der Waals surface area (Å²) < 4.78 is 6.45. The van der Waals surface area contributed by atoms with E-state index in [2.05, 4.69) is 33.9 Å². The van der Waals surface area contributed by atoms with Gasteiger partial charge in [-0.3, -0.25) is 0 Å². The topological polar surface area (TPSA) is 29.5 Å². The van der Waals surface area contributed by atoms with E-state index in [0.717, 1.165) is 12.3 Å². The molecule has 16 heavy (non-hydrogen) atoms. The minimum absolute atomic E-state index is 0.0893. The Kier molecular flexibility index (Phi) is 3.01. The Labute approximate surface area is 101 Å². The monoisotopic (exact) mass is 242 g/mol. The largest absolute Gasteiger partial charge is 0.414 e. The van der Waals surface area contributed by atoms with Gasteiger partial charge < -0.3 is 9.53 Å². The maximum atomic E-state index is 9.92. The average molecular weight is 242 g/mol. The van der Waals surface area contributed by atoms with Crippen LogP contribution in [0.4, 0.5) is 0 Å². The minimum atomic E-state index is -1.65. The lowest BCUT2D eigenvalue weighted by atomic mass is 9.95. The van der Waals surface area contributed by atoms with Gasteiger partial charge in [-0.2, -0.15) is 0 Å². The van der Waals surface area contributed by atoms with Crippen LogP contribution in [0.3, 0.4) is 0 Å². The van der Waals surface area contributed by atoms with E-state index in [1.165, 1.54) is 12.8 Å². The molecule has 2 aliphatic rings. The lowest BCUT2D eigenvalue weighted by molar-refractivity contribution is 0.0265. The van der Waals surface area contributed by atoms with Crippen molar-refractivity contribution in [1.29, 1.82) is 0 Å². The molecular formula is C13H26O2Si. The van der Waals surface area contributed by atoms with Crippen LogP contribution < -0.4 is 0 Å². The molecule has 0 saturated heterocycles. The second-order valence-electron chi connectivity index (χ2n) is 7.22. The van der Waals surface area contributed by atoms with Crippen molar-refractivity contribution in [3.8, 4) is 0 Å². The van der Waals surface area contributed by atoms with Crippen molar-refractivity contribution in [1.82, 2.24) is 0 Å². The van der Waals surface area contributed by atoms with E-state index >= 15 is 0 Å². The van der Waals surface area contributed by atoms with Gasteiger partial charge in [0.2, 0.25) is 0 Å². The predicted molar refractivity (Wildman–Crippen MR) is 68.9 cm³/mol. The molecule has 4 atom stereocenters. The first-order chi connectivity index (χ1) is 7.21. The number of rotatable bonds is 2. The summed E-state index contributed by atoms with van der Waals surface area (Å²) in [6, 6.07) is 0. The third-order valence-corrected chi connectivity index (χ3v) is 9.47. The Morgan fingerprint density at radius 1 is 1.12 bits per heavy atom. The summed E-state index contributed by atoms with van der Waals surface area (Å²) in [6.07, 6.45) is 3.65. The molecule has 0 aromatic heterocycles. The van der Waals surface area contributed by atoms with Gasteiger partial charge in [-0.15, -0.1) is 0 Å². The van der Waals surface area contributed by atoms with Crippen molar-refractivity contribution < 1.29 is 9.53 Å². The van der Waals surface area contributed by atoms with Gasteiger partial charge in [0.25, 0.3) is 0 Å². The predicted octanol–water partition coefficient (Wildman–Crippen LogP) is 3.17. The Balaban J connectivity index is 2.01. The molecule has 0 aromatic rings. The maximum absolute atomic E-state index is 9.92. The summed E-state index contributed by atoms with van der Waals surface area (Å²) in [5, 5.41) is 10.2. The molecule has 0 radical (unpaired) electrons. The second-order valence-corrected chi connectivity index (χ2v) is 12.0. The zero-order valence-corrected chi connectivity index (χ0v) is 12.3. The number of fused-ring (bicyclic) bond motifs is 2. The molecule has 1 N–H and O–H groups in total. The van der Waals surface area contributed by atoms with Crippen LogP contribution >= 0.6 is 0 Å². The van der Waals surface area contributed by atoms with Gasteiger partial charge in [0, 0.05) is 5.92 Å². The molecule has 2 aliphatic carbocycles. The van der Waals surface area contributed by atoms with Crippen LogP contribution in [0.2, 0.25) is 18.1 Å². The standard InChI is InChI=1S/C13H26O2Si/c1-13(2,3)16(4,5)15-12-8-9-6-10(12)11(14)7-9/h9-12,14H,6-8H2,1-5H3/t9-,10+,11+,12-/m1/s1. The van der Waals surface area contributed by atoms with Gasteiger partial charge in [-0.05, 0) is 43.3 Å². The Bertz CT molecular complexity index is 270. The molecule has 0 amide bonds. The van der Waals surface area contributed by atoms with Crippen LogP contribution in [0.1, 0.15) is 40.0 Å². The number of hydrogen-bond acceptors (Lipinski definition) is 2.